The topological polar surface area (TPSA) is 24.6 Å². The largest absolute Gasteiger partial charge is 0.496 e. The van der Waals surface area contributed by atoms with Gasteiger partial charge in [0.15, 0.2) is 0 Å². The summed E-state index contributed by atoms with van der Waals surface area (Å²) in [4.78, 5) is 7.60. The van der Waals surface area contributed by atoms with Gasteiger partial charge in [0.25, 0.3) is 0 Å². The van der Waals surface area contributed by atoms with E-state index in [1.54, 1.807) is 7.11 Å². The Hall–Kier alpha value is -2.43. The number of para-hydroxylation sites is 1. The zero-order valence-electron chi connectivity index (χ0n) is 14.9. The normalized spacial score (nSPS) is 25.6. The van der Waals surface area contributed by atoms with Crippen LogP contribution in [-0.4, -0.2) is 23.8 Å². The quantitative estimate of drug-likeness (QED) is 0.530. The van der Waals surface area contributed by atoms with Crippen LogP contribution in [0, 0.1) is 0 Å². The van der Waals surface area contributed by atoms with Crippen molar-refractivity contribution < 1.29 is 4.74 Å². The zero-order chi connectivity index (χ0) is 18.4. The minimum Gasteiger partial charge on any atom is -0.496 e. The van der Waals surface area contributed by atoms with E-state index in [1.165, 1.54) is 11.1 Å². The van der Waals surface area contributed by atoms with Crippen LogP contribution in [0.1, 0.15) is 28.9 Å². The molecule has 3 nitrogen and oxygen atoms in total. The molecule has 0 radical (unpaired) electrons. The molecule has 2 aliphatic heterocycles. The summed E-state index contributed by atoms with van der Waals surface area (Å²) in [6.07, 6.45) is -0.0185. The van der Waals surface area contributed by atoms with Gasteiger partial charge in [-0.3, -0.25) is 9.89 Å². The third-order valence-electron chi connectivity index (χ3n) is 5.37. The van der Waals surface area contributed by atoms with Crippen LogP contribution in [-0.2, 0) is 0 Å². The molecule has 2 aliphatic rings. The molecular formula is C23H19BrN2O. The predicted octanol–water partition coefficient (Wildman–Crippen LogP) is 5.38. The standard InChI is InChI=1S/C23H19BrN2O/c1-27-19-10-6-5-9-18(19)23-25-20(15-11-13-17(24)14-12-15)22-21(26(22)23)16-7-3-2-4-8-16/h2-14,21-23H,1H3/t21-,22+,23+,26?/m1/s1. The highest BCUT2D eigenvalue weighted by Crippen LogP contribution is 2.56. The molecule has 134 valence electrons. The lowest BCUT2D eigenvalue weighted by Gasteiger charge is -2.17. The van der Waals surface area contributed by atoms with E-state index < -0.39 is 0 Å². The first-order valence-corrected chi connectivity index (χ1v) is 9.86. The summed E-state index contributed by atoms with van der Waals surface area (Å²) in [6, 6.07) is 28.0. The Morgan fingerprint density at radius 1 is 0.852 bits per heavy atom. The van der Waals surface area contributed by atoms with Crippen molar-refractivity contribution >= 4 is 21.6 Å². The number of aliphatic imine (C=N–C) groups is 1. The molecule has 4 heteroatoms. The maximum Gasteiger partial charge on any atom is 0.133 e. The predicted molar refractivity (Wildman–Crippen MR) is 111 cm³/mol. The zero-order valence-corrected chi connectivity index (χ0v) is 16.5. The molecule has 5 rings (SSSR count). The van der Waals surface area contributed by atoms with Gasteiger partial charge in [-0.15, -0.1) is 0 Å². The van der Waals surface area contributed by atoms with Gasteiger partial charge in [-0.05, 0) is 29.3 Å². The smallest absolute Gasteiger partial charge is 0.133 e. The third kappa shape index (κ3) is 2.80. The fraction of sp³-hybridized carbons (Fsp3) is 0.174. The van der Waals surface area contributed by atoms with Crippen molar-refractivity contribution in [3.8, 4) is 5.75 Å². The monoisotopic (exact) mass is 418 g/mol. The van der Waals surface area contributed by atoms with Crippen LogP contribution in [0.2, 0.25) is 0 Å². The molecule has 1 fully saturated rings. The Labute approximate surface area is 167 Å². The third-order valence-corrected chi connectivity index (χ3v) is 5.90. The molecule has 0 bridgehead atoms. The number of fused-ring (bicyclic) bond motifs is 1. The highest BCUT2D eigenvalue weighted by Gasteiger charge is 2.59. The fourth-order valence-electron chi connectivity index (χ4n) is 4.10. The second kappa shape index (κ2) is 6.63. The van der Waals surface area contributed by atoms with Crippen molar-refractivity contribution in [2.75, 3.05) is 7.11 Å². The maximum absolute atomic E-state index is 5.62. The minimum atomic E-state index is -0.0185. The molecule has 2 heterocycles. The van der Waals surface area contributed by atoms with Crippen LogP contribution in [0.5, 0.6) is 5.75 Å². The summed E-state index contributed by atoms with van der Waals surface area (Å²) in [6.45, 7) is 0. The van der Waals surface area contributed by atoms with E-state index in [2.05, 4.69) is 87.6 Å². The first-order chi connectivity index (χ1) is 13.3. The molecule has 3 aromatic carbocycles. The Bertz CT molecular complexity index is 1000. The molecule has 4 atom stereocenters. The Kier molecular flexibility index (Phi) is 4.10. The lowest BCUT2D eigenvalue weighted by molar-refractivity contribution is 0.366. The lowest BCUT2D eigenvalue weighted by Crippen LogP contribution is -2.08. The second-order valence-electron chi connectivity index (χ2n) is 6.88. The maximum atomic E-state index is 5.62. The number of nitrogens with zero attached hydrogens (tertiary/aromatic N) is 2. The van der Waals surface area contributed by atoms with Crippen molar-refractivity contribution in [1.29, 1.82) is 0 Å². The first-order valence-electron chi connectivity index (χ1n) is 9.07. The van der Waals surface area contributed by atoms with Crippen LogP contribution in [0.25, 0.3) is 0 Å². The number of rotatable bonds is 4. The van der Waals surface area contributed by atoms with E-state index in [-0.39, 0.29) is 6.17 Å². The van der Waals surface area contributed by atoms with Crippen molar-refractivity contribution in [2.24, 2.45) is 4.99 Å². The molecule has 0 amide bonds. The number of methoxy groups -OCH3 is 1. The lowest BCUT2D eigenvalue weighted by atomic mass is 10.0. The summed E-state index contributed by atoms with van der Waals surface area (Å²) in [7, 11) is 1.72. The van der Waals surface area contributed by atoms with Crippen molar-refractivity contribution in [2.45, 2.75) is 18.2 Å². The highest BCUT2D eigenvalue weighted by molar-refractivity contribution is 9.10. The van der Waals surface area contributed by atoms with Crippen LogP contribution < -0.4 is 4.74 Å². The van der Waals surface area contributed by atoms with Crippen molar-refractivity contribution in [3.63, 3.8) is 0 Å². The molecule has 0 spiro atoms. The van der Waals surface area contributed by atoms with Crippen LogP contribution in [0.15, 0.2) is 88.3 Å². The molecule has 0 N–H and O–H groups in total. The number of hydrogen-bond donors (Lipinski definition) is 0. The molecule has 1 unspecified atom stereocenters. The Balaban J connectivity index is 1.59. The average molecular weight is 419 g/mol. The number of benzene rings is 3. The molecular weight excluding hydrogens is 400 g/mol. The van der Waals surface area contributed by atoms with Gasteiger partial charge in [0.1, 0.15) is 11.9 Å². The van der Waals surface area contributed by atoms with Gasteiger partial charge in [0.05, 0.1) is 24.9 Å². The molecule has 3 aromatic rings. The second-order valence-corrected chi connectivity index (χ2v) is 7.80. The SMILES string of the molecule is COc1ccccc1[C@H]1N=C(c2ccc(Br)cc2)[C@H]2[C@@H](c3ccccc3)N12. The minimum absolute atomic E-state index is 0.0185. The summed E-state index contributed by atoms with van der Waals surface area (Å²) >= 11 is 3.53. The average Bonchev–Trinajstić information content (AvgIpc) is 3.34. The molecule has 0 saturated carbocycles. The van der Waals surface area contributed by atoms with Gasteiger partial charge in [-0.2, -0.15) is 0 Å². The Morgan fingerprint density at radius 2 is 1.56 bits per heavy atom. The van der Waals surface area contributed by atoms with E-state index in [4.69, 9.17) is 9.73 Å². The highest BCUT2D eigenvalue weighted by atomic mass is 79.9. The van der Waals surface area contributed by atoms with Gasteiger partial charge in [-0.1, -0.05) is 76.6 Å². The summed E-state index contributed by atoms with van der Waals surface area (Å²) in [5.41, 5.74) is 4.80. The number of halogens is 1. The first kappa shape index (κ1) is 16.7. The summed E-state index contributed by atoms with van der Waals surface area (Å²) < 4.78 is 6.70. The van der Waals surface area contributed by atoms with Gasteiger partial charge < -0.3 is 4.74 Å². The van der Waals surface area contributed by atoms with Crippen molar-refractivity contribution in [3.05, 3.63) is 100 Å². The molecule has 0 aromatic heterocycles. The van der Waals surface area contributed by atoms with E-state index in [0.29, 0.717) is 12.1 Å². The van der Waals surface area contributed by atoms with Crippen molar-refractivity contribution in [1.82, 2.24) is 4.90 Å². The van der Waals surface area contributed by atoms with Crippen LogP contribution in [0.4, 0.5) is 0 Å². The van der Waals surface area contributed by atoms with E-state index >= 15 is 0 Å². The van der Waals surface area contributed by atoms with E-state index in [0.717, 1.165) is 21.5 Å². The molecule has 0 aliphatic carbocycles. The van der Waals surface area contributed by atoms with Crippen LogP contribution in [0.3, 0.4) is 0 Å². The Morgan fingerprint density at radius 3 is 2.30 bits per heavy atom. The fourth-order valence-corrected chi connectivity index (χ4v) is 4.36. The van der Waals surface area contributed by atoms with Gasteiger partial charge in [0, 0.05) is 10.0 Å². The van der Waals surface area contributed by atoms with E-state index in [1.807, 2.05) is 12.1 Å². The van der Waals surface area contributed by atoms with Gasteiger partial charge >= 0.3 is 0 Å². The van der Waals surface area contributed by atoms with E-state index in [9.17, 15) is 0 Å². The van der Waals surface area contributed by atoms with Crippen LogP contribution >= 0.6 is 15.9 Å². The molecule has 27 heavy (non-hydrogen) atoms. The summed E-state index contributed by atoms with van der Waals surface area (Å²) in [5, 5.41) is 0. The number of ether oxygens (including phenoxy) is 1. The summed E-state index contributed by atoms with van der Waals surface area (Å²) in [5.74, 6) is 0.890. The number of hydrogen-bond acceptors (Lipinski definition) is 3. The van der Waals surface area contributed by atoms with Gasteiger partial charge in [-0.25, -0.2) is 0 Å². The molecule has 1 saturated heterocycles. The van der Waals surface area contributed by atoms with Gasteiger partial charge in [0.2, 0.25) is 0 Å².